The molecule has 36 heavy (non-hydrogen) atoms. The van der Waals surface area contributed by atoms with Crippen molar-refractivity contribution < 1.29 is 17.9 Å². The van der Waals surface area contributed by atoms with Crippen LogP contribution in [0.4, 0.5) is 13.2 Å². The van der Waals surface area contributed by atoms with Crippen LogP contribution in [-0.4, -0.2) is 41.4 Å². The minimum atomic E-state index is -4.47. The van der Waals surface area contributed by atoms with Crippen molar-refractivity contribution in [2.24, 2.45) is 11.3 Å². The number of nitrogens with zero attached hydrogens (tertiary/aromatic N) is 3. The van der Waals surface area contributed by atoms with Crippen LogP contribution in [0.15, 0.2) is 42.6 Å². The Labute approximate surface area is 212 Å². The van der Waals surface area contributed by atoms with Crippen molar-refractivity contribution in [2.75, 3.05) is 19.7 Å². The average Bonchev–Trinajstić information content (AvgIpc) is 3.59. The molecule has 4 nitrogen and oxygen atoms in total. The van der Waals surface area contributed by atoms with E-state index < -0.39 is 28.6 Å². The molecule has 2 aliphatic rings. The van der Waals surface area contributed by atoms with Gasteiger partial charge in [0.25, 0.3) is 0 Å². The first-order valence-corrected chi connectivity index (χ1v) is 12.9. The highest BCUT2D eigenvalue weighted by molar-refractivity contribution is 5.32. The average molecular weight is 500 g/mol. The van der Waals surface area contributed by atoms with Crippen molar-refractivity contribution in [2.45, 2.75) is 77.1 Å². The Kier molecular flexibility index (Phi) is 7.24. The molecule has 194 valence electrons. The number of hydrogen-bond acceptors (Lipinski definition) is 4. The van der Waals surface area contributed by atoms with E-state index in [0.717, 1.165) is 16.8 Å². The normalized spacial score (nSPS) is 22.8. The second-order valence-electron chi connectivity index (χ2n) is 10.9. The summed E-state index contributed by atoms with van der Waals surface area (Å²) in [4.78, 5) is 6.64. The van der Waals surface area contributed by atoms with Gasteiger partial charge in [0, 0.05) is 36.0 Å². The Balaban J connectivity index is 1.72. The predicted octanol–water partition coefficient (Wildman–Crippen LogP) is 6.57. The van der Waals surface area contributed by atoms with Gasteiger partial charge in [0.15, 0.2) is 5.60 Å². The van der Waals surface area contributed by atoms with Gasteiger partial charge in [-0.1, -0.05) is 18.2 Å². The lowest BCUT2D eigenvalue weighted by Gasteiger charge is -2.50. The maximum atomic E-state index is 15.2. The summed E-state index contributed by atoms with van der Waals surface area (Å²) in [5.74, 6) is -0.512. The molecule has 1 saturated heterocycles. The van der Waals surface area contributed by atoms with Crippen molar-refractivity contribution in [1.82, 2.24) is 9.88 Å². The molecule has 1 aliphatic heterocycles. The fraction of sp³-hybridized carbons (Fsp3) is 0.586. The fourth-order valence-electron chi connectivity index (χ4n) is 6.22. The van der Waals surface area contributed by atoms with Crippen molar-refractivity contribution in [3.05, 3.63) is 65.0 Å². The Morgan fingerprint density at radius 1 is 1.14 bits per heavy atom. The highest BCUT2D eigenvalue weighted by Gasteiger charge is 2.74. The quantitative estimate of drug-likeness (QED) is 0.392. The number of aromatic nitrogens is 1. The van der Waals surface area contributed by atoms with Gasteiger partial charge in [-0.05, 0) is 102 Å². The second-order valence-corrected chi connectivity index (χ2v) is 10.9. The summed E-state index contributed by atoms with van der Waals surface area (Å²) in [6, 6.07) is 13.3. The van der Waals surface area contributed by atoms with E-state index in [0.29, 0.717) is 50.8 Å². The van der Waals surface area contributed by atoms with Gasteiger partial charge in [-0.3, -0.25) is 9.88 Å². The van der Waals surface area contributed by atoms with Crippen molar-refractivity contribution in [3.8, 4) is 6.07 Å². The fourth-order valence-corrected chi connectivity index (χ4v) is 6.22. The Morgan fingerprint density at radius 2 is 1.83 bits per heavy atom. The molecule has 4 rings (SSSR count). The van der Waals surface area contributed by atoms with E-state index in [1.54, 1.807) is 19.1 Å². The van der Waals surface area contributed by atoms with Crippen LogP contribution >= 0.6 is 0 Å². The van der Waals surface area contributed by atoms with Crippen LogP contribution in [0.2, 0.25) is 0 Å². The van der Waals surface area contributed by atoms with Crippen LogP contribution < -0.4 is 0 Å². The number of pyridine rings is 1. The van der Waals surface area contributed by atoms with E-state index in [1.165, 1.54) is 0 Å². The predicted molar refractivity (Wildman–Crippen MR) is 133 cm³/mol. The van der Waals surface area contributed by atoms with Crippen LogP contribution in [0.5, 0.6) is 0 Å². The molecule has 1 aromatic heterocycles. The molecule has 0 amide bonds. The van der Waals surface area contributed by atoms with Gasteiger partial charge in [0.2, 0.25) is 0 Å². The highest BCUT2D eigenvalue weighted by Crippen LogP contribution is 2.63. The number of nitriles is 1. The number of aryl methyl sites for hydroxylation is 2. The van der Waals surface area contributed by atoms with E-state index in [2.05, 4.69) is 29.8 Å². The zero-order chi connectivity index (χ0) is 26.2. The Morgan fingerprint density at radius 3 is 2.36 bits per heavy atom. The largest absolute Gasteiger partial charge is 0.418 e. The molecule has 1 aromatic carbocycles. The van der Waals surface area contributed by atoms with Gasteiger partial charge in [-0.15, -0.1) is 0 Å². The number of halogens is 3. The molecule has 2 unspecified atom stereocenters. The minimum absolute atomic E-state index is 0.0277. The first-order chi connectivity index (χ1) is 17.0. The minimum Gasteiger partial charge on any atom is -0.365 e. The van der Waals surface area contributed by atoms with E-state index in [1.807, 2.05) is 37.4 Å². The standard InChI is InChI=1S/C29H36F3N3O/c1-5-36-28(24-12-13-24,29(30,31)32)27(15-14-22-7-9-23(18-33)10-8-22)16-17-35(20-27)26(3,4)25-11-6-21(2)34-19-25/h6-11,19,24H,5,12-17,20H2,1-4H3. The number of ether oxygens (including phenoxy) is 1. The first-order valence-electron chi connectivity index (χ1n) is 12.9. The van der Waals surface area contributed by atoms with Crippen LogP contribution in [0.3, 0.4) is 0 Å². The van der Waals surface area contributed by atoms with Crippen molar-refractivity contribution in [3.63, 3.8) is 0 Å². The molecule has 0 spiro atoms. The van der Waals surface area contributed by atoms with Gasteiger partial charge in [-0.25, -0.2) is 0 Å². The number of likely N-dealkylation sites (tertiary alicyclic amines) is 1. The van der Waals surface area contributed by atoms with Gasteiger partial charge in [-0.2, -0.15) is 18.4 Å². The summed E-state index contributed by atoms with van der Waals surface area (Å²) in [5, 5.41) is 9.11. The molecular formula is C29H36F3N3O. The van der Waals surface area contributed by atoms with Crippen LogP contribution in [0, 0.1) is 29.6 Å². The molecule has 7 heteroatoms. The van der Waals surface area contributed by atoms with Gasteiger partial charge in [0.05, 0.1) is 11.6 Å². The molecule has 0 radical (unpaired) electrons. The summed E-state index contributed by atoms with van der Waals surface area (Å²) in [7, 11) is 0. The zero-order valence-corrected chi connectivity index (χ0v) is 21.7. The lowest BCUT2D eigenvalue weighted by Crippen LogP contribution is -2.63. The highest BCUT2D eigenvalue weighted by atomic mass is 19.4. The summed E-state index contributed by atoms with van der Waals surface area (Å²) in [6.45, 7) is 8.64. The molecule has 2 heterocycles. The summed E-state index contributed by atoms with van der Waals surface area (Å²) in [6.07, 6.45) is -0.251. The summed E-state index contributed by atoms with van der Waals surface area (Å²) < 4.78 is 51.4. The smallest absolute Gasteiger partial charge is 0.365 e. The van der Waals surface area contributed by atoms with E-state index in [-0.39, 0.29) is 6.61 Å². The maximum Gasteiger partial charge on any atom is 0.418 e. The Bertz CT molecular complexity index is 1090. The lowest BCUT2D eigenvalue weighted by molar-refractivity contribution is -0.327. The number of benzene rings is 1. The van der Waals surface area contributed by atoms with Crippen molar-refractivity contribution >= 4 is 0 Å². The van der Waals surface area contributed by atoms with Crippen LogP contribution in [-0.2, 0) is 16.7 Å². The number of hydrogen-bond donors (Lipinski definition) is 0. The third-order valence-corrected chi connectivity index (χ3v) is 8.47. The monoisotopic (exact) mass is 499 g/mol. The summed E-state index contributed by atoms with van der Waals surface area (Å²) >= 11 is 0. The zero-order valence-electron chi connectivity index (χ0n) is 21.7. The van der Waals surface area contributed by atoms with Crippen molar-refractivity contribution in [1.29, 1.82) is 5.26 Å². The summed E-state index contributed by atoms with van der Waals surface area (Å²) in [5.41, 5.74) is -0.318. The third kappa shape index (κ3) is 4.66. The van der Waals surface area contributed by atoms with E-state index in [9.17, 15) is 0 Å². The number of rotatable bonds is 9. The topological polar surface area (TPSA) is 49.1 Å². The molecule has 0 bridgehead atoms. The molecule has 1 aliphatic carbocycles. The van der Waals surface area contributed by atoms with Crippen LogP contribution in [0.1, 0.15) is 68.8 Å². The SMILES string of the molecule is CCOC(C1CC1)(C(F)(F)F)C1(CCc2ccc(C#N)cc2)CCN(C(C)(C)c2ccc(C)nc2)C1. The van der Waals surface area contributed by atoms with E-state index >= 15 is 13.2 Å². The van der Waals surface area contributed by atoms with E-state index in [4.69, 9.17) is 10.00 Å². The number of alkyl halides is 3. The van der Waals surface area contributed by atoms with Gasteiger partial charge >= 0.3 is 6.18 Å². The molecule has 1 saturated carbocycles. The molecular weight excluding hydrogens is 463 g/mol. The van der Waals surface area contributed by atoms with Gasteiger partial charge in [0.1, 0.15) is 0 Å². The third-order valence-electron chi connectivity index (χ3n) is 8.47. The molecule has 2 aromatic rings. The molecule has 0 N–H and O–H groups in total. The first kappa shape index (κ1) is 26.6. The van der Waals surface area contributed by atoms with Crippen LogP contribution in [0.25, 0.3) is 0 Å². The molecule has 2 atom stereocenters. The Hall–Kier alpha value is -2.43. The lowest BCUT2D eigenvalue weighted by atomic mass is 9.64. The maximum absolute atomic E-state index is 15.2. The second kappa shape index (κ2) is 9.79. The molecule has 2 fully saturated rings. The van der Waals surface area contributed by atoms with Gasteiger partial charge < -0.3 is 4.74 Å².